The van der Waals surface area contributed by atoms with E-state index in [4.69, 9.17) is 0 Å². The highest BCUT2D eigenvalue weighted by molar-refractivity contribution is 5.84. The minimum Gasteiger partial charge on any atom is -0.347 e. The second kappa shape index (κ2) is 5.87. The molecule has 25 heavy (non-hydrogen) atoms. The van der Waals surface area contributed by atoms with Gasteiger partial charge in [0.25, 0.3) is 0 Å². The van der Waals surface area contributed by atoms with Crippen LogP contribution in [-0.2, 0) is 0 Å². The van der Waals surface area contributed by atoms with E-state index < -0.39 is 23.5 Å². The van der Waals surface area contributed by atoms with Crippen LogP contribution in [0.25, 0.3) is 5.65 Å². The lowest BCUT2D eigenvalue weighted by molar-refractivity contribution is 0.112. The molecule has 128 valence electrons. The predicted molar refractivity (Wildman–Crippen MR) is 84.0 cm³/mol. The molecule has 0 radical (unpaired) electrons. The average Bonchev–Trinajstić information content (AvgIpc) is 3.22. The molecule has 0 saturated carbocycles. The Labute approximate surface area is 140 Å². The van der Waals surface area contributed by atoms with Gasteiger partial charge in [-0.15, -0.1) is 0 Å². The third kappa shape index (κ3) is 2.54. The molecule has 0 aliphatic carbocycles. The number of carbonyl (C=O) groups is 1. The highest BCUT2D eigenvalue weighted by Crippen LogP contribution is 2.37. The Bertz CT molecular complexity index is 972. The first kappa shape index (κ1) is 15.6. The minimum atomic E-state index is -0.642. The monoisotopic (exact) mass is 346 g/mol. The number of nitrogens with zero attached hydrogens (tertiary/aromatic N) is 4. The van der Waals surface area contributed by atoms with Gasteiger partial charge in [-0.3, -0.25) is 4.79 Å². The van der Waals surface area contributed by atoms with E-state index in [1.165, 1.54) is 10.7 Å². The topological polar surface area (TPSA) is 50.5 Å². The molecule has 3 aromatic rings. The van der Waals surface area contributed by atoms with Gasteiger partial charge in [0.05, 0.1) is 24.0 Å². The average molecular weight is 346 g/mol. The highest BCUT2D eigenvalue weighted by atomic mass is 19.1. The van der Waals surface area contributed by atoms with Gasteiger partial charge in [-0.25, -0.2) is 22.7 Å². The molecule has 1 saturated heterocycles. The van der Waals surface area contributed by atoms with Crippen molar-refractivity contribution >= 4 is 17.8 Å². The number of aromatic nitrogens is 3. The van der Waals surface area contributed by atoms with Crippen molar-refractivity contribution < 1.29 is 18.0 Å². The normalized spacial score (nSPS) is 17.4. The van der Waals surface area contributed by atoms with Gasteiger partial charge in [0.15, 0.2) is 23.6 Å². The van der Waals surface area contributed by atoms with E-state index in [2.05, 4.69) is 10.1 Å². The molecule has 1 fully saturated rings. The first-order valence-electron chi connectivity index (χ1n) is 7.79. The summed E-state index contributed by atoms with van der Waals surface area (Å²) in [6.45, 7) is 0.450. The molecule has 8 heteroatoms. The standard InChI is InChI=1S/C17H13F3N4O/c18-11-3-4-13(19)12(6-11)15-2-1-5-23(15)17-14(20)8-24-16(22-17)10(9-25)7-21-24/h3-4,6-9,15H,1-2,5H2. The lowest BCUT2D eigenvalue weighted by Gasteiger charge is -2.26. The molecular weight excluding hydrogens is 333 g/mol. The van der Waals surface area contributed by atoms with Crippen LogP contribution in [0, 0.1) is 17.5 Å². The second-order valence-electron chi connectivity index (χ2n) is 5.92. The van der Waals surface area contributed by atoms with Crippen molar-refractivity contribution in [2.45, 2.75) is 18.9 Å². The van der Waals surface area contributed by atoms with Crippen LogP contribution in [-0.4, -0.2) is 27.4 Å². The Hall–Kier alpha value is -2.90. The molecule has 1 aliphatic heterocycles. The van der Waals surface area contributed by atoms with Gasteiger partial charge in [-0.1, -0.05) is 0 Å². The van der Waals surface area contributed by atoms with Crippen LogP contribution in [0.15, 0.2) is 30.6 Å². The summed E-state index contributed by atoms with van der Waals surface area (Å²) in [6.07, 6.45) is 4.25. The molecule has 3 heterocycles. The molecule has 4 rings (SSSR count). The molecule has 0 spiro atoms. The van der Waals surface area contributed by atoms with Crippen molar-refractivity contribution in [1.82, 2.24) is 14.6 Å². The lowest BCUT2D eigenvalue weighted by Crippen LogP contribution is -2.26. The van der Waals surface area contributed by atoms with Crippen LogP contribution in [0.5, 0.6) is 0 Å². The zero-order chi connectivity index (χ0) is 17.6. The van der Waals surface area contributed by atoms with Gasteiger partial charge in [0, 0.05) is 12.1 Å². The first-order chi connectivity index (χ1) is 12.1. The maximum absolute atomic E-state index is 14.5. The van der Waals surface area contributed by atoms with Gasteiger partial charge in [-0.05, 0) is 31.0 Å². The molecule has 1 aromatic carbocycles. The number of hydrogen-bond donors (Lipinski definition) is 0. The van der Waals surface area contributed by atoms with Crippen molar-refractivity contribution in [2.24, 2.45) is 0 Å². The zero-order valence-corrected chi connectivity index (χ0v) is 13.0. The summed E-state index contributed by atoms with van der Waals surface area (Å²) < 4.78 is 43.4. The van der Waals surface area contributed by atoms with E-state index in [0.717, 1.165) is 24.4 Å². The number of hydrogen-bond acceptors (Lipinski definition) is 4. The van der Waals surface area contributed by atoms with Crippen LogP contribution in [0.4, 0.5) is 19.0 Å². The number of aldehydes is 1. The second-order valence-corrected chi connectivity index (χ2v) is 5.92. The third-order valence-corrected chi connectivity index (χ3v) is 4.43. The van der Waals surface area contributed by atoms with Crippen LogP contribution < -0.4 is 4.90 Å². The molecular formula is C17H13F3N4O. The number of benzene rings is 1. The minimum absolute atomic E-state index is 0.00209. The van der Waals surface area contributed by atoms with Gasteiger partial charge in [0.1, 0.15) is 11.6 Å². The maximum Gasteiger partial charge on any atom is 0.184 e. The van der Waals surface area contributed by atoms with E-state index in [1.54, 1.807) is 4.90 Å². The number of anilines is 1. The number of carbonyl (C=O) groups excluding carboxylic acids is 1. The number of halogens is 3. The van der Waals surface area contributed by atoms with Gasteiger partial charge in [-0.2, -0.15) is 5.10 Å². The fourth-order valence-corrected chi connectivity index (χ4v) is 3.30. The van der Waals surface area contributed by atoms with Crippen LogP contribution in [0.2, 0.25) is 0 Å². The molecule has 1 aliphatic rings. The SMILES string of the molecule is O=Cc1cnn2cc(F)c(N3CCCC3c3cc(F)ccc3F)nc12. The fourth-order valence-electron chi connectivity index (χ4n) is 3.30. The molecule has 1 unspecified atom stereocenters. The first-order valence-corrected chi connectivity index (χ1v) is 7.79. The Morgan fingerprint density at radius 3 is 2.84 bits per heavy atom. The van der Waals surface area contributed by atoms with E-state index in [-0.39, 0.29) is 22.6 Å². The van der Waals surface area contributed by atoms with Crippen molar-refractivity contribution in [3.63, 3.8) is 0 Å². The van der Waals surface area contributed by atoms with Crippen molar-refractivity contribution in [3.05, 3.63) is 59.2 Å². The molecule has 0 amide bonds. The van der Waals surface area contributed by atoms with E-state index >= 15 is 0 Å². The Morgan fingerprint density at radius 2 is 2.04 bits per heavy atom. The smallest absolute Gasteiger partial charge is 0.184 e. The Morgan fingerprint density at radius 1 is 1.20 bits per heavy atom. The predicted octanol–water partition coefficient (Wildman–Crippen LogP) is 3.30. The number of rotatable bonds is 3. The Balaban J connectivity index is 1.82. The lowest BCUT2D eigenvalue weighted by atomic mass is 10.0. The van der Waals surface area contributed by atoms with Gasteiger partial charge < -0.3 is 4.90 Å². The third-order valence-electron chi connectivity index (χ3n) is 4.43. The van der Waals surface area contributed by atoms with E-state index in [0.29, 0.717) is 25.7 Å². The molecule has 5 nitrogen and oxygen atoms in total. The summed E-state index contributed by atoms with van der Waals surface area (Å²) in [5, 5.41) is 3.88. The van der Waals surface area contributed by atoms with Crippen LogP contribution in [0.1, 0.15) is 34.8 Å². The highest BCUT2D eigenvalue weighted by Gasteiger charge is 2.31. The summed E-state index contributed by atoms with van der Waals surface area (Å²) in [5.74, 6) is -1.73. The van der Waals surface area contributed by atoms with Crippen LogP contribution >= 0.6 is 0 Å². The molecule has 0 N–H and O–H groups in total. The fraction of sp³-hybridized carbons (Fsp3) is 0.235. The van der Waals surface area contributed by atoms with E-state index in [9.17, 15) is 18.0 Å². The van der Waals surface area contributed by atoms with Gasteiger partial charge >= 0.3 is 0 Å². The summed E-state index contributed by atoms with van der Waals surface area (Å²) in [5.41, 5.74) is 0.619. The quantitative estimate of drug-likeness (QED) is 0.683. The molecule has 1 atom stereocenters. The van der Waals surface area contributed by atoms with Gasteiger partial charge in [0.2, 0.25) is 0 Å². The number of fused-ring (bicyclic) bond motifs is 1. The Kier molecular flexibility index (Phi) is 3.67. The molecule has 2 aromatic heterocycles. The van der Waals surface area contributed by atoms with Crippen molar-refractivity contribution in [2.75, 3.05) is 11.4 Å². The zero-order valence-electron chi connectivity index (χ0n) is 13.0. The summed E-state index contributed by atoms with van der Waals surface area (Å²) >= 11 is 0. The summed E-state index contributed by atoms with van der Waals surface area (Å²) in [7, 11) is 0. The molecule has 0 bridgehead atoms. The van der Waals surface area contributed by atoms with E-state index in [1.807, 2.05) is 0 Å². The summed E-state index contributed by atoms with van der Waals surface area (Å²) in [4.78, 5) is 16.9. The maximum atomic E-state index is 14.5. The van der Waals surface area contributed by atoms with Crippen molar-refractivity contribution in [1.29, 1.82) is 0 Å². The summed E-state index contributed by atoms with van der Waals surface area (Å²) in [6, 6.07) is 2.72. The largest absolute Gasteiger partial charge is 0.347 e. The van der Waals surface area contributed by atoms with Crippen LogP contribution in [0.3, 0.4) is 0 Å². The van der Waals surface area contributed by atoms with Crippen molar-refractivity contribution in [3.8, 4) is 0 Å².